The van der Waals surface area contributed by atoms with Gasteiger partial charge in [0.15, 0.2) is 0 Å². The van der Waals surface area contributed by atoms with Gasteiger partial charge in [-0.1, -0.05) is 36.8 Å². The molecule has 31 heavy (non-hydrogen) atoms. The Morgan fingerprint density at radius 2 is 1.84 bits per heavy atom. The molecule has 0 saturated heterocycles. The molecule has 0 aliphatic rings. The van der Waals surface area contributed by atoms with E-state index < -0.39 is 0 Å². The smallest absolute Gasteiger partial charge is 0.257 e. The fraction of sp³-hybridized carbons (Fsp3) is 0.320. The molecule has 0 spiro atoms. The monoisotopic (exact) mass is 417 g/mol. The van der Waals surface area contributed by atoms with Crippen molar-refractivity contribution in [3.8, 4) is 0 Å². The molecular formula is C25H31N5O. The zero-order valence-electron chi connectivity index (χ0n) is 19.0. The lowest BCUT2D eigenvalue weighted by atomic mass is 10.1. The second-order valence-electron chi connectivity index (χ2n) is 7.93. The van der Waals surface area contributed by atoms with E-state index in [4.69, 9.17) is 4.99 Å². The zero-order valence-corrected chi connectivity index (χ0v) is 19.0. The molecule has 162 valence electrons. The Bertz CT molecular complexity index is 1100. The number of benzene rings is 2. The topological polar surface area (TPSA) is 71.3 Å². The van der Waals surface area contributed by atoms with E-state index in [0.717, 1.165) is 46.6 Å². The zero-order chi connectivity index (χ0) is 22.4. The van der Waals surface area contributed by atoms with Gasteiger partial charge in [-0.2, -0.15) is 5.10 Å². The molecule has 0 radical (unpaired) electrons. The van der Waals surface area contributed by atoms with E-state index in [1.807, 2.05) is 62.8 Å². The molecule has 2 N–H and O–H groups in total. The van der Waals surface area contributed by atoms with Crippen molar-refractivity contribution in [2.45, 2.75) is 54.1 Å². The predicted molar refractivity (Wildman–Crippen MR) is 127 cm³/mol. The summed E-state index contributed by atoms with van der Waals surface area (Å²) in [7, 11) is 0. The molecule has 3 aromatic rings. The SMILES string of the molecule is CCCn1cc(CN=C(NC(=O)c2cccc(C)c2)Nc2cc(C)ccc2C)c(C)n1. The third-order valence-corrected chi connectivity index (χ3v) is 5.07. The van der Waals surface area contributed by atoms with Gasteiger partial charge in [0.05, 0.1) is 12.2 Å². The predicted octanol–water partition coefficient (Wildman–Crippen LogP) is 4.92. The number of carbonyl (C=O) groups excluding carboxylic acids is 1. The molecule has 0 saturated carbocycles. The Morgan fingerprint density at radius 3 is 2.58 bits per heavy atom. The van der Waals surface area contributed by atoms with Crippen molar-refractivity contribution in [3.05, 3.63) is 82.2 Å². The normalized spacial score (nSPS) is 11.5. The van der Waals surface area contributed by atoms with Crippen LogP contribution in [0.5, 0.6) is 0 Å². The molecule has 0 fully saturated rings. The van der Waals surface area contributed by atoms with Crippen molar-refractivity contribution < 1.29 is 4.79 Å². The highest BCUT2D eigenvalue weighted by Gasteiger charge is 2.12. The van der Waals surface area contributed by atoms with Gasteiger partial charge >= 0.3 is 0 Å². The van der Waals surface area contributed by atoms with Crippen LogP contribution in [0.3, 0.4) is 0 Å². The van der Waals surface area contributed by atoms with Crippen LogP contribution in [-0.4, -0.2) is 21.6 Å². The van der Waals surface area contributed by atoms with E-state index >= 15 is 0 Å². The Kier molecular flexibility index (Phi) is 7.23. The quantitative estimate of drug-likeness (QED) is 0.441. The highest BCUT2D eigenvalue weighted by atomic mass is 16.1. The van der Waals surface area contributed by atoms with Crippen LogP contribution in [0.15, 0.2) is 53.7 Å². The summed E-state index contributed by atoms with van der Waals surface area (Å²) in [5, 5.41) is 10.8. The second kappa shape index (κ2) is 10.1. The third kappa shape index (κ3) is 6.04. The Labute approximate surface area is 184 Å². The molecule has 1 heterocycles. The molecule has 1 amide bonds. The number of hydrogen-bond donors (Lipinski definition) is 2. The van der Waals surface area contributed by atoms with E-state index in [1.54, 1.807) is 6.07 Å². The average molecular weight is 418 g/mol. The lowest BCUT2D eigenvalue weighted by Gasteiger charge is -2.14. The summed E-state index contributed by atoms with van der Waals surface area (Å²) >= 11 is 0. The number of guanidine groups is 1. The van der Waals surface area contributed by atoms with E-state index in [9.17, 15) is 4.79 Å². The first kappa shape index (κ1) is 22.3. The van der Waals surface area contributed by atoms with Crippen LogP contribution in [0.1, 0.15) is 51.7 Å². The van der Waals surface area contributed by atoms with Gasteiger partial charge in [0.2, 0.25) is 5.96 Å². The fourth-order valence-electron chi connectivity index (χ4n) is 3.30. The van der Waals surface area contributed by atoms with Crippen LogP contribution in [0.25, 0.3) is 0 Å². The van der Waals surface area contributed by atoms with Gasteiger partial charge in [-0.25, -0.2) is 4.99 Å². The number of nitrogens with zero attached hydrogens (tertiary/aromatic N) is 3. The second-order valence-corrected chi connectivity index (χ2v) is 7.93. The van der Waals surface area contributed by atoms with Crippen molar-refractivity contribution in [2.75, 3.05) is 5.32 Å². The van der Waals surface area contributed by atoms with Crippen LogP contribution in [0.2, 0.25) is 0 Å². The van der Waals surface area contributed by atoms with Crippen LogP contribution in [-0.2, 0) is 13.1 Å². The first-order valence-corrected chi connectivity index (χ1v) is 10.7. The maximum atomic E-state index is 12.9. The molecule has 0 atom stereocenters. The summed E-state index contributed by atoms with van der Waals surface area (Å²) in [5.41, 5.74) is 6.76. The summed E-state index contributed by atoms with van der Waals surface area (Å²) in [5.74, 6) is 0.224. The standard InChI is InChI=1S/C25H31N5O/c1-6-12-30-16-22(20(5)29-30)15-26-25(27-23-14-18(3)10-11-19(23)4)28-24(31)21-9-7-8-17(2)13-21/h7-11,13-14,16H,6,12,15H2,1-5H3,(H2,26,27,28,31). The molecule has 3 rings (SSSR count). The van der Waals surface area contributed by atoms with Crippen molar-refractivity contribution in [1.82, 2.24) is 15.1 Å². The highest BCUT2D eigenvalue weighted by Crippen LogP contribution is 2.17. The number of aryl methyl sites for hydroxylation is 5. The van der Waals surface area contributed by atoms with Crippen LogP contribution < -0.4 is 10.6 Å². The summed E-state index contributed by atoms with van der Waals surface area (Å²) < 4.78 is 1.95. The number of carbonyl (C=O) groups is 1. The van der Waals surface area contributed by atoms with Gasteiger partial charge in [-0.05, 0) is 63.4 Å². The first-order valence-electron chi connectivity index (χ1n) is 10.7. The van der Waals surface area contributed by atoms with Crippen LogP contribution in [0.4, 0.5) is 5.69 Å². The summed E-state index contributed by atoms with van der Waals surface area (Å²) in [6, 6.07) is 13.7. The van der Waals surface area contributed by atoms with Gasteiger partial charge in [-0.15, -0.1) is 0 Å². The van der Waals surface area contributed by atoms with Gasteiger partial charge < -0.3 is 5.32 Å². The summed E-state index contributed by atoms with van der Waals surface area (Å²) in [4.78, 5) is 17.6. The highest BCUT2D eigenvalue weighted by molar-refractivity contribution is 6.10. The largest absolute Gasteiger partial charge is 0.326 e. The van der Waals surface area contributed by atoms with E-state index in [2.05, 4.69) is 34.8 Å². The van der Waals surface area contributed by atoms with E-state index in [1.165, 1.54) is 0 Å². The third-order valence-electron chi connectivity index (χ3n) is 5.07. The van der Waals surface area contributed by atoms with Gasteiger partial charge in [0, 0.05) is 29.6 Å². The number of aromatic nitrogens is 2. The number of rotatable bonds is 6. The molecule has 6 heteroatoms. The number of anilines is 1. The fourth-order valence-corrected chi connectivity index (χ4v) is 3.30. The minimum atomic E-state index is -0.196. The van der Waals surface area contributed by atoms with Gasteiger partial charge in [0.1, 0.15) is 0 Å². The average Bonchev–Trinajstić information content (AvgIpc) is 3.08. The Hall–Kier alpha value is -3.41. The number of nitrogens with one attached hydrogen (secondary N) is 2. The molecular weight excluding hydrogens is 386 g/mol. The number of amides is 1. The molecule has 1 aromatic heterocycles. The van der Waals surface area contributed by atoms with Crippen molar-refractivity contribution >= 4 is 17.6 Å². The Morgan fingerprint density at radius 1 is 1.06 bits per heavy atom. The summed E-state index contributed by atoms with van der Waals surface area (Å²) in [6.45, 7) is 11.5. The maximum absolute atomic E-state index is 12.9. The lowest BCUT2D eigenvalue weighted by Crippen LogP contribution is -2.36. The molecule has 0 bridgehead atoms. The molecule has 0 aliphatic heterocycles. The Balaban J connectivity index is 1.86. The number of aliphatic imine (C=N–C) groups is 1. The van der Waals surface area contributed by atoms with Crippen LogP contribution >= 0.6 is 0 Å². The van der Waals surface area contributed by atoms with Gasteiger partial charge in [-0.3, -0.25) is 14.8 Å². The lowest BCUT2D eigenvalue weighted by molar-refractivity contribution is 0.0977. The van der Waals surface area contributed by atoms with E-state index in [0.29, 0.717) is 18.1 Å². The van der Waals surface area contributed by atoms with E-state index in [-0.39, 0.29) is 5.91 Å². The molecule has 0 unspecified atom stereocenters. The van der Waals surface area contributed by atoms with Crippen LogP contribution in [0, 0.1) is 27.7 Å². The van der Waals surface area contributed by atoms with Crippen molar-refractivity contribution in [2.24, 2.45) is 4.99 Å². The number of hydrogen-bond acceptors (Lipinski definition) is 3. The van der Waals surface area contributed by atoms with Gasteiger partial charge in [0.25, 0.3) is 5.91 Å². The molecule has 2 aromatic carbocycles. The maximum Gasteiger partial charge on any atom is 0.257 e. The molecule has 0 aliphatic carbocycles. The minimum Gasteiger partial charge on any atom is -0.326 e. The summed E-state index contributed by atoms with van der Waals surface area (Å²) in [6.07, 6.45) is 3.05. The van der Waals surface area contributed by atoms with Crippen molar-refractivity contribution in [1.29, 1.82) is 0 Å². The first-order chi connectivity index (χ1) is 14.9. The minimum absolute atomic E-state index is 0.196. The molecule has 6 nitrogen and oxygen atoms in total. The van der Waals surface area contributed by atoms with Crippen molar-refractivity contribution in [3.63, 3.8) is 0 Å².